The van der Waals surface area contributed by atoms with Crippen molar-refractivity contribution in [3.63, 3.8) is 0 Å². The van der Waals surface area contributed by atoms with Crippen molar-refractivity contribution in [2.24, 2.45) is 0 Å². The van der Waals surface area contributed by atoms with Crippen LogP contribution in [0.1, 0.15) is 40.7 Å². The van der Waals surface area contributed by atoms with E-state index in [1.807, 2.05) is 6.07 Å². The summed E-state index contributed by atoms with van der Waals surface area (Å²) in [5, 5.41) is 0.980. The van der Waals surface area contributed by atoms with Gasteiger partial charge in [-0.25, -0.2) is 0 Å². The SMILES string of the molecule is O=C1CCCc2ccc(C=CCCBr)cc21. The fraction of sp³-hybridized carbons (Fsp3) is 0.357. The van der Waals surface area contributed by atoms with Crippen molar-refractivity contribution in [3.8, 4) is 0 Å². The van der Waals surface area contributed by atoms with E-state index in [0.29, 0.717) is 12.2 Å². The number of rotatable bonds is 3. The average molecular weight is 279 g/mol. The van der Waals surface area contributed by atoms with Crippen LogP contribution in [-0.2, 0) is 6.42 Å². The van der Waals surface area contributed by atoms with Crippen LogP contribution in [0.4, 0.5) is 0 Å². The van der Waals surface area contributed by atoms with Crippen molar-refractivity contribution in [2.45, 2.75) is 25.7 Å². The van der Waals surface area contributed by atoms with Gasteiger partial charge in [0.15, 0.2) is 5.78 Å². The lowest BCUT2D eigenvalue weighted by atomic mass is 9.89. The molecule has 0 heterocycles. The first-order chi connectivity index (χ1) is 7.81. The molecule has 0 atom stereocenters. The molecule has 0 spiro atoms. The summed E-state index contributed by atoms with van der Waals surface area (Å²) in [6.07, 6.45) is 8.00. The van der Waals surface area contributed by atoms with Gasteiger partial charge in [-0.3, -0.25) is 4.79 Å². The number of hydrogen-bond acceptors (Lipinski definition) is 1. The Labute approximate surface area is 105 Å². The number of carbonyl (C=O) groups is 1. The molecule has 0 fully saturated rings. The quantitative estimate of drug-likeness (QED) is 0.764. The highest BCUT2D eigenvalue weighted by atomic mass is 79.9. The summed E-state index contributed by atoms with van der Waals surface area (Å²) in [6, 6.07) is 6.23. The molecule has 0 radical (unpaired) electrons. The minimum absolute atomic E-state index is 0.303. The predicted octanol–water partition coefficient (Wildman–Crippen LogP) is 4.00. The molecule has 0 amide bonds. The van der Waals surface area contributed by atoms with Gasteiger partial charge in [0, 0.05) is 17.3 Å². The second kappa shape index (κ2) is 5.44. The molecule has 0 saturated heterocycles. The molecular weight excluding hydrogens is 264 g/mol. The Balaban J connectivity index is 2.23. The van der Waals surface area contributed by atoms with E-state index in [0.717, 1.165) is 35.7 Å². The van der Waals surface area contributed by atoms with E-state index < -0.39 is 0 Å². The summed E-state index contributed by atoms with van der Waals surface area (Å²) in [7, 11) is 0. The standard InChI is InChI=1S/C14H15BrO/c15-9-2-1-4-11-7-8-12-5-3-6-14(16)13(12)10-11/h1,4,7-8,10H,2-3,5-6,9H2. The number of allylic oxidation sites excluding steroid dienone is 1. The van der Waals surface area contributed by atoms with Gasteiger partial charge < -0.3 is 0 Å². The van der Waals surface area contributed by atoms with Crippen LogP contribution < -0.4 is 0 Å². The second-order valence-electron chi connectivity index (χ2n) is 4.07. The molecular formula is C14H15BrO. The lowest BCUT2D eigenvalue weighted by Gasteiger charge is -2.14. The fourth-order valence-corrected chi connectivity index (χ4v) is 2.30. The molecule has 84 valence electrons. The molecule has 0 saturated carbocycles. The van der Waals surface area contributed by atoms with Gasteiger partial charge >= 0.3 is 0 Å². The summed E-state index contributed by atoms with van der Waals surface area (Å²) in [4.78, 5) is 11.7. The third-order valence-corrected chi connectivity index (χ3v) is 3.33. The van der Waals surface area contributed by atoms with Gasteiger partial charge in [-0.2, -0.15) is 0 Å². The summed E-state index contributed by atoms with van der Waals surface area (Å²) in [5.74, 6) is 0.303. The molecule has 0 aromatic heterocycles. The number of ketones is 1. The Morgan fingerprint density at radius 2 is 2.19 bits per heavy atom. The Morgan fingerprint density at radius 1 is 1.31 bits per heavy atom. The zero-order valence-corrected chi connectivity index (χ0v) is 10.8. The van der Waals surface area contributed by atoms with Crippen LogP contribution in [0.3, 0.4) is 0 Å². The van der Waals surface area contributed by atoms with Crippen molar-refractivity contribution in [2.75, 3.05) is 5.33 Å². The minimum atomic E-state index is 0.303. The highest BCUT2D eigenvalue weighted by molar-refractivity contribution is 9.09. The van der Waals surface area contributed by atoms with Gasteiger partial charge in [-0.15, -0.1) is 0 Å². The van der Waals surface area contributed by atoms with Crippen LogP contribution in [0.25, 0.3) is 6.08 Å². The second-order valence-corrected chi connectivity index (χ2v) is 4.87. The van der Waals surface area contributed by atoms with E-state index in [1.165, 1.54) is 5.56 Å². The van der Waals surface area contributed by atoms with Gasteiger partial charge in [0.1, 0.15) is 0 Å². The maximum atomic E-state index is 11.7. The average Bonchev–Trinajstić information content (AvgIpc) is 2.30. The molecule has 0 aliphatic heterocycles. The molecule has 2 heteroatoms. The third kappa shape index (κ3) is 2.62. The number of hydrogen-bond donors (Lipinski definition) is 0. The Bertz CT molecular complexity index is 421. The zero-order chi connectivity index (χ0) is 11.4. The fourth-order valence-electron chi connectivity index (χ4n) is 2.03. The lowest BCUT2D eigenvalue weighted by molar-refractivity contribution is 0.0972. The largest absolute Gasteiger partial charge is 0.294 e. The molecule has 16 heavy (non-hydrogen) atoms. The first-order valence-corrected chi connectivity index (χ1v) is 6.82. The van der Waals surface area contributed by atoms with Gasteiger partial charge in [-0.1, -0.05) is 40.2 Å². The molecule has 1 aliphatic rings. The van der Waals surface area contributed by atoms with Crippen molar-refractivity contribution in [3.05, 3.63) is 41.0 Å². The van der Waals surface area contributed by atoms with Crippen molar-refractivity contribution in [1.29, 1.82) is 0 Å². The van der Waals surface area contributed by atoms with Crippen LogP contribution in [0.15, 0.2) is 24.3 Å². The predicted molar refractivity (Wildman–Crippen MR) is 71.2 cm³/mol. The number of Topliss-reactive ketones (excluding diaryl/α,β-unsaturated/α-hetero) is 1. The molecule has 0 N–H and O–H groups in total. The highest BCUT2D eigenvalue weighted by Gasteiger charge is 2.16. The molecule has 1 aliphatic carbocycles. The number of aryl methyl sites for hydroxylation is 1. The third-order valence-electron chi connectivity index (χ3n) is 2.87. The first-order valence-electron chi connectivity index (χ1n) is 5.70. The topological polar surface area (TPSA) is 17.1 Å². The Morgan fingerprint density at radius 3 is 3.00 bits per heavy atom. The number of carbonyl (C=O) groups excluding carboxylic acids is 1. The maximum absolute atomic E-state index is 11.7. The number of halogens is 1. The Kier molecular flexibility index (Phi) is 3.94. The van der Waals surface area contributed by atoms with E-state index in [-0.39, 0.29) is 0 Å². The molecule has 2 rings (SSSR count). The normalized spacial score (nSPS) is 15.4. The van der Waals surface area contributed by atoms with Crippen molar-refractivity contribution in [1.82, 2.24) is 0 Å². The molecule has 1 aromatic carbocycles. The van der Waals surface area contributed by atoms with Crippen molar-refractivity contribution < 1.29 is 4.79 Å². The maximum Gasteiger partial charge on any atom is 0.163 e. The molecule has 0 unspecified atom stereocenters. The monoisotopic (exact) mass is 278 g/mol. The summed E-state index contributed by atoms with van der Waals surface area (Å²) >= 11 is 3.39. The van der Waals surface area contributed by atoms with Crippen LogP contribution in [0.2, 0.25) is 0 Å². The molecule has 1 aromatic rings. The summed E-state index contributed by atoms with van der Waals surface area (Å²) in [6.45, 7) is 0. The van der Waals surface area contributed by atoms with Gasteiger partial charge in [0.25, 0.3) is 0 Å². The van der Waals surface area contributed by atoms with Crippen LogP contribution in [-0.4, -0.2) is 11.1 Å². The van der Waals surface area contributed by atoms with Crippen LogP contribution in [0.5, 0.6) is 0 Å². The molecule has 1 nitrogen and oxygen atoms in total. The van der Waals surface area contributed by atoms with Gasteiger partial charge in [0.05, 0.1) is 0 Å². The molecule has 0 bridgehead atoms. The van der Waals surface area contributed by atoms with Crippen LogP contribution in [0, 0.1) is 0 Å². The van der Waals surface area contributed by atoms with E-state index in [1.54, 1.807) is 0 Å². The van der Waals surface area contributed by atoms with E-state index in [9.17, 15) is 4.79 Å². The van der Waals surface area contributed by atoms with E-state index >= 15 is 0 Å². The summed E-state index contributed by atoms with van der Waals surface area (Å²) < 4.78 is 0. The van der Waals surface area contributed by atoms with E-state index in [2.05, 4.69) is 40.2 Å². The Hall–Kier alpha value is -0.890. The lowest BCUT2D eigenvalue weighted by Crippen LogP contribution is -2.10. The van der Waals surface area contributed by atoms with Crippen molar-refractivity contribution >= 4 is 27.8 Å². The first kappa shape index (κ1) is 11.6. The van der Waals surface area contributed by atoms with Crippen LogP contribution >= 0.6 is 15.9 Å². The number of benzene rings is 1. The summed E-state index contributed by atoms with van der Waals surface area (Å²) in [5.41, 5.74) is 3.29. The highest BCUT2D eigenvalue weighted by Crippen LogP contribution is 2.22. The number of fused-ring (bicyclic) bond motifs is 1. The minimum Gasteiger partial charge on any atom is -0.294 e. The zero-order valence-electron chi connectivity index (χ0n) is 9.21. The van der Waals surface area contributed by atoms with E-state index in [4.69, 9.17) is 0 Å². The smallest absolute Gasteiger partial charge is 0.163 e. The van der Waals surface area contributed by atoms with Gasteiger partial charge in [-0.05, 0) is 36.5 Å². The van der Waals surface area contributed by atoms with Gasteiger partial charge in [0.2, 0.25) is 0 Å². The number of alkyl halides is 1.